The van der Waals surface area contributed by atoms with Gasteiger partial charge in [0.2, 0.25) is 0 Å². The fourth-order valence-electron chi connectivity index (χ4n) is 2.48. The van der Waals surface area contributed by atoms with Crippen LogP contribution in [0.25, 0.3) is 0 Å². The third-order valence-electron chi connectivity index (χ3n) is 3.60. The monoisotopic (exact) mass is 260 g/mol. The molecule has 0 unspecified atom stereocenters. The molecule has 0 spiro atoms. The summed E-state index contributed by atoms with van der Waals surface area (Å²) in [5.74, 6) is -0.440. The minimum atomic E-state index is -0.781. The Hall–Kier alpha value is -2.22. The minimum absolute atomic E-state index is 0.0650. The van der Waals surface area contributed by atoms with Gasteiger partial charge in [0, 0.05) is 19.2 Å². The summed E-state index contributed by atoms with van der Waals surface area (Å²) in [5.41, 5.74) is 1.29. The number of carboxylic acid groups (broad SMARTS) is 1. The second-order valence-corrected chi connectivity index (χ2v) is 4.82. The Labute approximate surface area is 112 Å². The molecule has 0 amide bonds. The van der Waals surface area contributed by atoms with Crippen molar-refractivity contribution in [3.05, 3.63) is 23.8 Å². The van der Waals surface area contributed by atoms with Gasteiger partial charge in [0.25, 0.3) is 0 Å². The van der Waals surface area contributed by atoms with E-state index in [0.717, 1.165) is 5.69 Å². The Balaban J connectivity index is 2.32. The zero-order valence-electron chi connectivity index (χ0n) is 11.0. The van der Waals surface area contributed by atoms with E-state index in [-0.39, 0.29) is 5.92 Å². The van der Waals surface area contributed by atoms with Crippen LogP contribution in [0.4, 0.5) is 5.69 Å². The number of methoxy groups -OCH3 is 1. The molecule has 1 fully saturated rings. The van der Waals surface area contributed by atoms with Gasteiger partial charge in [-0.2, -0.15) is 5.26 Å². The van der Waals surface area contributed by atoms with E-state index in [2.05, 4.69) is 6.07 Å². The lowest BCUT2D eigenvalue weighted by Crippen LogP contribution is -2.23. The van der Waals surface area contributed by atoms with Gasteiger partial charge in [-0.15, -0.1) is 0 Å². The molecule has 1 saturated heterocycles. The van der Waals surface area contributed by atoms with Crippen LogP contribution >= 0.6 is 0 Å². The maximum Gasteiger partial charge on any atom is 0.308 e. The Kier molecular flexibility index (Phi) is 3.61. The molecule has 0 bridgehead atoms. The van der Waals surface area contributed by atoms with Crippen LogP contribution in [0.3, 0.4) is 0 Å². The summed E-state index contributed by atoms with van der Waals surface area (Å²) in [6, 6.07) is 7.36. The second-order valence-electron chi connectivity index (χ2n) is 4.82. The van der Waals surface area contributed by atoms with Gasteiger partial charge >= 0.3 is 5.97 Å². The van der Waals surface area contributed by atoms with E-state index in [0.29, 0.717) is 24.4 Å². The van der Waals surface area contributed by atoms with Crippen LogP contribution in [-0.2, 0) is 4.79 Å². The zero-order valence-corrected chi connectivity index (χ0v) is 11.0. The van der Waals surface area contributed by atoms with Gasteiger partial charge in [-0.3, -0.25) is 4.79 Å². The van der Waals surface area contributed by atoms with Crippen molar-refractivity contribution in [3.63, 3.8) is 0 Å². The first-order valence-electron chi connectivity index (χ1n) is 6.12. The van der Waals surface area contributed by atoms with E-state index >= 15 is 0 Å². The SMILES string of the molecule is COc1ccc(C#N)c(N2C[C@@H](C)[C@H](C(=O)O)C2)c1. The van der Waals surface area contributed by atoms with Crippen molar-refractivity contribution >= 4 is 11.7 Å². The molecule has 1 N–H and O–H groups in total. The third-order valence-corrected chi connectivity index (χ3v) is 3.60. The number of aliphatic carboxylic acids is 1. The van der Waals surface area contributed by atoms with E-state index < -0.39 is 11.9 Å². The highest BCUT2D eigenvalue weighted by Crippen LogP contribution is 2.32. The molecule has 100 valence electrons. The number of rotatable bonds is 3. The number of carbonyl (C=O) groups is 1. The predicted molar refractivity (Wildman–Crippen MR) is 70.2 cm³/mol. The summed E-state index contributed by atoms with van der Waals surface area (Å²) in [6.07, 6.45) is 0. The molecule has 5 heteroatoms. The fraction of sp³-hybridized carbons (Fsp3) is 0.429. The maximum atomic E-state index is 11.2. The van der Waals surface area contributed by atoms with E-state index in [4.69, 9.17) is 15.1 Å². The number of nitrogens with zero attached hydrogens (tertiary/aromatic N) is 2. The fourth-order valence-corrected chi connectivity index (χ4v) is 2.48. The van der Waals surface area contributed by atoms with E-state index in [1.807, 2.05) is 11.8 Å². The first kappa shape index (κ1) is 13.2. The van der Waals surface area contributed by atoms with Crippen LogP contribution in [0.5, 0.6) is 5.75 Å². The molecule has 1 aliphatic heterocycles. The highest BCUT2D eigenvalue weighted by atomic mass is 16.5. The number of anilines is 1. The maximum absolute atomic E-state index is 11.2. The summed E-state index contributed by atoms with van der Waals surface area (Å²) in [6.45, 7) is 2.99. The first-order chi connectivity index (χ1) is 9.06. The van der Waals surface area contributed by atoms with Crippen LogP contribution in [0.15, 0.2) is 18.2 Å². The van der Waals surface area contributed by atoms with E-state index in [1.165, 1.54) is 0 Å². The second kappa shape index (κ2) is 5.19. The molecule has 2 rings (SSSR count). The van der Waals surface area contributed by atoms with Crippen molar-refractivity contribution in [2.45, 2.75) is 6.92 Å². The molecule has 0 aromatic heterocycles. The average molecular weight is 260 g/mol. The van der Waals surface area contributed by atoms with Gasteiger partial charge in [0.1, 0.15) is 11.8 Å². The molecule has 1 aromatic rings. The highest BCUT2D eigenvalue weighted by Gasteiger charge is 2.35. The van der Waals surface area contributed by atoms with Crippen LogP contribution < -0.4 is 9.64 Å². The van der Waals surface area contributed by atoms with Crippen molar-refractivity contribution in [2.75, 3.05) is 25.1 Å². The average Bonchev–Trinajstić information content (AvgIpc) is 2.80. The number of ether oxygens (including phenoxy) is 1. The highest BCUT2D eigenvalue weighted by molar-refractivity contribution is 5.73. The lowest BCUT2D eigenvalue weighted by atomic mass is 9.99. The van der Waals surface area contributed by atoms with Crippen molar-refractivity contribution in [3.8, 4) is 11.8 Å². The van der Waals surface area contributed by atoms with Crippen molar-refractivity contribution in [2.24, 2.45) is 11.8 Å². The third kappa shape index (κ3) is 2.48. The zero-order chi connectivity index (χ0) is 14.0. The quantitative estimate of drug-likeness (QED) is 0.895. The topological polar surface area (TPSA) is 73.6 Å². The Bertz CT molecular complexity index is 536. The van der Waals surface area contributed by atoms with Crippen molar-refractivity contribution in [1.29, 1.82) is 5.26 Å². The molecule has 0 radical (unpaired) electrons. The van der Waals surface area contributed by atoms with Gasteiger partial charge in [0.05, 0.1) is 24.3 Å². The number of hydrogen-bond donors (Lipinski definition) is 1. The normalized spacial score (nSPS) is 22.1. The van der Waals surface area contributed by atoms with Gasteiger partial charge in [-0.1, -0.05) is 6.92 Å². The molecule has 0 aliphatic carbocycles. The van der Waals surface area contributed by atoms with Gasteiger partial charge < -0.3 is 14.7 Å². The Morgan fingerprint density at radius 3 is 2.79 bits per heavy atom. The van der Waals surface area contributed by atoms with Crippen molar-refractivity contribution < 1.29 is 14.6 Å². The van der Waals surface area contributed by atoms with Gasteiger partial charge in [0.15, 0.2) is 0 Å². The molecule has 1 aliphatic rings. The summed E-state index contributed by atoms with van der Waals surface area (Å²) in [4.78, 5) is 13.1. The number of nitriles is 1. The summed E-state index contributed by atoms with van der Waals surface area (Å²) < 4.78 is 5.16. The lowest BCUT2D eigenvalue weighted by Gasteiger charge is -2.20. The first-order valence-corrected chi connectivity index (χ1v) is 6.12. The number of carboxylic acids is 1. The molecular weight excluding hydrogens is 244 g/mol. The number of hydrogen-bond acceptors (Lipinski definition) is 4. The number of benzene rings is 1. The van der Waals surface area contributed by atoms with Gasteiger partial charge in [-0.25, -0.2) is 0 Å². The molecular formula is C14H16N2O3. The Morgan fingerprint density at radius 2 is 2.26 bits per heavy atom. The summed E-state index contributed by atoms with van der Waals surface area (Å²) in [7, 11) is 1.57. The molecule has 1 aromatic carbocycles. The van der Waals surface area contributed by atoms with Crippen LogP contribution in [0.2, 0.25) is 0 Å². The lowest BCUT2D eigenvalue weighted by molar-refractivity contribution is -0.142. The standard InChI is InChI=1S/C14H16N2O3/c1-9-7-16(8-12(9)14(17)18)13-5-11(19-2)4-3-10(13)6-15/h3-5,9,12H,7-8H2,1-2H3,(H,17,18)/t9-,12-/m1/s1. The van der Waals surface area contributed by atoms with E-state index in [1.54, 1.807) is 25.3 Å². The van der Waals surface area contributed by atoms with Crippen LogP contribution in [0, 0.1) is 23.2 Å². The molecule has 19 heavy (non-hydrogen) atoms. The van der Waals surface area contributed by atoms with Gasteiger partial charge in [-0.05, 0) is 18.1 Å². The molecule has 0 saturated carbocycles. The summed E-state index contributed by atoms with van der Waals surface area (Å²) >= 11 is 0. The molecule has 2 atom stereocenters. The molecule has 5 nitrogen and oxygen atoms in total. The molecule has 1 heterocycles. The van der Waals surface area contributed by atoms with Crippen LogP contribution in [0.1, 0.15) is 12.5 Å². The minimum Gasteiger partial charge on any atom is -0.497 e. The largest absolute Gasteiger partial charge is 0.497 e. The van der Waals surface area contributed by atoms with E-state index in [9.17, 15) is 4.79 Å². The smallest absolute Gasteiger partial charge is 0.308 e. The Morgan fingerprint density at radius 1 is 1.53 bits per heavy atom. The van der Waals surface area contributed by atoms with Crippen LogP contribution in [-0.4, -0.2) is 31.3 Å². The predicted octanol–water partition coefficient (Wildman–Crippen LogP) is 1.72. The van der Waals surface area contributed by atoms with Crippen molar-refractivity contribution in [1.82, 2.24) is 0 Å². The summed E-state index contributed by atoms with van der Waals surface area (Å²) in [5, 5.41) is 18.3.